The fraction of sp³-hybridized carbons (Fsp3) is 0.533. The van der Waals surface area contributed by atoms with Crippen LogP contribution in [0, 0.1) is 0 Å². The molecular weight excluding hydrogens is 224 g/mol. The number of hydrogen-bond acceptors (Lipinski definition) is 2. The Hall–Kier alpha value is -1.35. The highest BCUT2D eigenvalue weighted by Gasteiger charge is 2.33. The van der Waals surface area contributed by atoms with Gasteiger partial charge in [0.05, 0.1) is 0 Å². The van der Waals surface area contributed by atoms with Gasteiger partial charge in [-0.3, -0.25) is 4.79 Å². The second-order valence-electron chi connectivity index (χ2n) is 4.99. The Bertz CT molecular complexity index is 391. The molecule has 1 N–H and O–H groups in total. The average Bonchev–Trinajstić information content (AvgIpc) is 2.79. The molecule has 1 aromatic rings. The van der Waals surface area contributed by atoms with Crippen molar-refractivity contribution in [1.29, 1.82) is 0 Å². The number of nitrogens with zero attached hydrogens (tertiary/aromatic N) is 1. The second-order valence-corrected chi connectivity index (χ2v) is 4.99. The quantitative estimate of drug-likeness (QED) is 0.881. The topological polar surface area (TPSA) is 32.3 Å². The highest BCUT2D eigenvalue weighted by atomic mass is 16.2. The van der Waals surface area contributed by atoms with Gasteiger partial charge in [-0.05, 0) is 26.0 Å². The van der Waals surface area contributed by atoms with Gasteiger partial charge in [-0.1, -0.05) is 30.3 Å². The number of nitrogens with one attached hydrogen (secondary N) is 1. The third-order valence-corrected chi connectivity index (χ3v) is 3.89. The fourth-order valence-electron chi connectivity index (χ4n) is 2.81. The maximum atomic E-state index is 12.1. The molecule has 0 saturated carbocycles. The summed E-state index contributed by atoms with van der Waals surface area (Å²) >= 11 is 0. The molecule has 0 aromatic heterocycles. The van der Waals surface area contributed by atoms with Crippen LogP contribution in [0.4, 0.5) is 0 Å². The molecule has 1 saturated heterocycles. The summed E-state index contributed by atoms with van der Waals surface area (Å²) in [5.41, 5.74) is 1.36. The number of amides is 1. The largest absolute Gasteiger partial charge is 0.339 e. The number of benzene rings is 1. The van der Waals surface area contributed by atoms with E-state index in [4.69, 9.17) is 0 Å². The molecule has 3 nitrogen and oxygen atoms in total. The van der Waals surface area contributed by atoms with Gasteiger partial charge in [0.15, 0.2) is 0 Å². The van der Waals surface area contributed by atoms with Crippen LogP contribution in [0.25, 0.3) is 0 Å². The summed E-state index contributed by atoms with van der Waals surface area (Å²) in [4.78, 5) is 14.1. The van der Waals surface area contributed by atoms with E-state index >= 15 is 0 Å². The Kier molecular flexibility index (Phi) is 4.37. The lowest BCUT2D eigenvalue weighted by Crippen LogP contribution is -2.36. The van der Waals surface area contributed by atoms with Crippen molar-refractivity contribution in [1.82, 2.24) is 10.2 Å². The Balaban J connectivity index is 2.01. The van der Waals surface area contributed by atoms with Gasteiger partial charge >= 0.3 is 0 Å². The number of carbonyl (C=O) groups excluding carboxylic acids is 1. The maximum absolute atomic E-state index is 12.1. The van der Waals surface area contributed by atoms with Crippen molar-refractivity contribution in [2.45, 2.75) is 31.7 Å². The highest BCUT2D eigenvalue weighted by molar-refractivity contribution is 5.77. The molecule has 0 aliphatic carbocycles. The first kappa shape index (κ1) is 13.1. The first-order chi connectivity index (χ1) is 8.74. The van der Waals surface area contributed by atoms with Crippen LogP contribution in [-0.4, -0.2) is 37.0 Å². The first-order valence-electron chi connectivity index (χ1n) is 6.73. The van der Waals surface area contributed by atoms with Crippen LogP contribution in [0.15, 0.2) is 30.3 Å². The van der Waals surface area contributed by atoms with Gasteiger partial charge in [0, 0.05) is 31.5 Å². The van der Waals surface area contributed by atoms with E-state index in [9.17, 15) is 4.79 Å². The zero-order chi connectivity index (χ0) is 13.0. The van der Waals surface area contributed by atoms with E-state index in [2.05, 4.69) is 36.5 Å². The Morgan fingerprint density at radius 1 is 1.39 bits per heavy atom. The molecular formula is C15H22N2O. The standard InChI is InChI=1S/C15H22N2O/c1-12-14(13-6-4-3-5-7-13)9-11-17(12)15(18)8-10-16-2/h3-7,12,14,16H,8-11H2,1-2H3. The third-order valence-electron chi connectivity index (χ3n) is 3.89. The lowest BCUT2D eigenvalue weighted by atomic mass is 9.93. The minimum absolute atomic E-state index is 0.273. The summed E-state index contributed by atoms with van der Waals surface area (Å²) in [5.74, 6) is 0.764. The number of carbonyl (C=O) groups is 1. The molecule has 1 amide bonds. The summed E-state index contributed by atoms with van der Waals surface area (Å²) in [7, 11) is 1.88. The number of hydrogen-bond donors (Lipinski definition) is 1. The average molecular weight is 246 g/mol. The maximum Gasteiger partial charge on any atom is 0.224 e. The van der Waals surface area contributed by atoms with E-state index in [0.717, 1.165) is 19.5 Å². The molecule has 0 bridgehead atoms. The summed E-state index contributed by atoms with van der Waals surface area (Å²) in [6, 6.07) is 10.8. The van der Waals surface area contributed by atoms with Crippen LogP contribution >= 0.6 is 0 Å². The molecule has 3 heteroatoms. The highest BCUT2D eigenvalue weighted by Crippen LogP contribution is 2.33. The van der Waals surface area contributed by atoms with Gasteiger partial charge in [0.1, 0.15) is 0 Å². The summed E-state index contributed by atoms with van der Waals surface area (Å²) in [5, 5.41) is 3.03. The van der Waals surface area contributed by atoms with E-state index in [0.29, 0.717) is 18.4 Å². The normalized spacial score (nSPS) is 23.3. The Morgan fingerprint density at radius 2 is 2.11 bits per heavy atom. The van der Waals surface area contributed by atoms with Crippen molar-refractivity contribution in [2.75, 3.05) is 20.1 Å². The zero-order valence-corrected chi connectivity index (χ0v) is 11.2. The first-order valence-corrected chi connectivity index (χ1v) is 6.73. The van der Waals surface area contributed by atoms with E-state index in [1.54, 1.807) is 0 Å². The van der Waals surface area contributed by atoms with Crippen LogP contribution < -0.4 is 5.32 Å². The summed E-state index contributed by atoms with van der Waals surface area (Å²) in [6.07, 6.45) is 1.68. The van der Waals surface area contributed by atoms with Crippen molar-refractivity contribution >= 4 is 5.91 Å². The van der Waals surface area contributed by atoms with Crippen LogP contribution in [0.5, 0.6) is 0 Å². The molecule has 0 radical (unpaired) electrons. The van der Waals surface area contributed by atoms with Gasteiger partial charge in [0.2, 0.25) is 5.91 Å². The van der Waals surface area contributed by atoms with Gasteiger partial charge in [0.25, 0.3) is 0 Å². The second kappa shape index (κ2) is 6.01. The molecule has 1 aliphatic rings. The molecule has 98 valence electrons. The van der Waals surface area contributed by atoms with Crippen molar-refractivity contribution in [3.05, 3.63) is 35.9 Å². The molecule has 2 unspecified atom stereocenters. The van der Waals surface area contributed by atoms with Crippen molar-refractivity contribution in [2.24, 2.45) is 0 Å². The van der Waals surface area contributed by atoms with Gasteiger partial charge in [-0.2, -0.15) is 0 Å². The number of likely N-dealkylation sites (tertiary alicyclic amines) is 1. The molecule has 1 aliphatic heterocycles. The summed E-state index contributed by atoms with van der Waals surface area (Å²) in [6.45, 7) is 3.82. The van der Waals surface area contributed by atoms with E-state index < -0.39 is 0 Å². The lowest BCUT2D eigenvalue weighted by Gasteiger charge is -2.25. The zero-order valence-electron chi connectivity index (χ0n) is 11.2. The van der Waals surface area contributed by atoms with Crippen molar-refractivity contribution in [3.8, 4) is 0 Å². The van der Waals surface area contributed by atoms with Crippen molar-refractivity contribution in [3.63, 3.8) is 0 Å². The smallest absolute Gasteiger partial charge is 0.224 e. The van der Waals surface area contributed by atoms with Crippen LogP contribution in [-0.2, 0) is 4.79 Å². The van der Waals surface area contributed by atoms with Crippen LogP contribution in [0.2, 0.25) is 0 Å². The van der Waals surface area contributed by atoms with Gasteiger partial charge < -0.3 is 10.2 Å². The number of rotatable bonds is 4. The monoisotopic (exact) mass is 246 g/mol. The summed E-state index contributed by atoms with van der Waals surface area (Å²) < 4.78 is 0. The van der Waals surface area contributed by atoms with E-state index in [1.807, 2.05) is 18.0 Å². The Morgan fingerprint density at radius 3 is 2.78 bits per heavy atom. The molecule has 2 atom stereocenters. The van der Waals surface area contributed by atoms with E-state index in [1.165, 1.54) is 5.56 Å². The van der Waals surface area contributed by atoms with Crippen LogP contribution in [0.1, 0.15) is 31.2 Å². The predicted molar refractivity (Wildman–Crippen MR) is 73.5 cm³/mol. The molecule has 18 heavy (non-hydrogen) atoms. The fourth-order valence-corrected chi connectivity index (χ4v) is 2.81. The van der Waals surface area contributed by atoms with Gasteiger partial charge in [-0.15, -0.1) is 0 Å². The minimum Gasteiger partial charge on any atom is -0.339 e. The molecule has 1 aromatic carbocycles. The predicted octanol–water partition coefficient (Wildman–Crippen LogP) is 2.00. The van der Waals surface area contributed by atoms with E-state index in [-0.39, 0.29) is 5.91 Å². The minimum atomic E-state index is 0.273. The molecule has 0 spiro atoms. The Labute approximate surface area is 109 Å². The molecule has 1 fully saturated rings. The molecule has 1 heterocycles. The lowest BCUT2D eigenvalue weighted by molar-refractivity contribution is -0.131. The SMILES string of the molecule is CNCCC(=O)N1CCC(c2ccccc2)C1C. The van der Waals surface area contributed by atoms with Gasteiger partial charge in [-0.25, -0.2) is 0 Å². The molecule has 2 rings (SSSR count). The third kappa shape index (κ3) is 2.72. The van der Waals surface area contributed by atoms with Crippen LogP contribution in [0.3, 0.4) is 0 Å². The van der Waals surface area contributed by atoms with Crippen molar-refractivity contribution < 1.29 is 4.79 Å².